The van der Waals surface area contributed by atoms with Gasteiger partial charge in [0.2, 0.25) is 0 Å². The quantitative estimate of drug-likeness (QED) is 0.487. The number of halogens is 1. The van der Waals surface area contributed by atoms with Gasteiger partial charge in [0.25, 0.3) is 0 Å². The fourth-order valence-electron chi connectivity index (χ4n) is 3.23. The normalized spacial score (nSPS) is 11.0. The molecule has 4 rings (SSSR count). The van der Waals surface area contributed by atoms with Crippen molar-refractivity contribution in [1.82, 2.24) is 24.1 Å². The fourth-order valence-corrected chi connectivity index (χ4v) is 3.41. The molecule has 0 fully saturated rings. The first-order chi connectivity index (χ1) is 13.2. The van der Waals surface area contributed by atoms with E-state index in [1.807, 2.05) is 35.0 Å². The van der Waals surface area contributed by atoms with Gasteiger partial charge in [-0.2, -0.15) is 5.26 Å². The maximum Gasteiger partial charge on any atom is 0.140 e. The van der Waals surface area contributed by atoms with E-state index in [1.165, 1.54) is 0 Å². The minimum atomic E-state index is 0.435. The molecule has 4 aromatic rings. The molecule has 0 saturated heterocycles. The molecule has 0 atom stereocenters. The van der Waals surface area contributed by atoms with Gasteiger partial charge >= 0.3 is 0 Å². The number of imidazole rings is 2. The van der Waals surface area contributed by atoms with Crippen molar-refractivity contribution in [1.29, 1.82) is 5.26 Å². The second-order valence-electron chi connectivity index (χ2n) is 6.24. The van der Waals surface area contributed by atoms with Crippen molar-refractivity contribution in [2.45, 2.75) is 26.4 Å². The van der Waals surface area contributed by atoms with Crippen LogP contribution in [0.15, 0.2) is 48.9 Å². The molecule has 3 heterocycles. The average molecular weight is 377 g/mol. The zero-order valence-corrected chi connectivity index (χ0v) is 15.6. The number of nitrogens with zero attached hydrogens (tertiary/aromatic N) is 6. The summed E-state index contributed by atoms with van der Waals surface area (Å²) in [6.07, 6.45) is 6.37. The number of rotatable bonds is 5. The molecule has 0 spiro atoms. The summed E-state index contributed by atoms with van der Waals surface area (Å²) < 4.78 is 4.25. The molecular formula is C20H17ClN6. The van der Waals surface area contributed by atoms with Crippen LogP contribution < -0.4 is 0 Å². The largest absolute Gasteiger partial charge is 0.326 e. The van der Waals surface area contributed by atoms with Crippen LogP contribution in [0.3, 0.4) is 0 Å². The van der Waals surface area contributed by atoms with Crippen LogP contribution in [0.25, 0.3) is 22.4 Å². The summed E-state index contributed by atoms with van der Waals surface area (Å²) in [5.74, 6) is 1.74. The predicted octanol–water partition coefficient (Wildman–Crippen LogP) is 4.28. The lowest BCUT2D eigenvalue weighted by atomic mass is 10.2. The molecule has 6 nitrogen and oxygen atoms in total. The van der Waals surface area contributed by atoms with E-state index in [-0.39, 0.29) is 0 Å². The maximum atomic E-state index is 9.16. The number of hydrogen-bond acceptors (Lipinski definition) is 4. The Bertz CT molecular complexity index is 1150. The molecule has 0 radical (unpaired) electrons. The molecule has 0 aliphatic heterocycles. The Morgan fingerprint density at radius 2 is 2.04 bits per heavy atom. The van der Waals surface area contributed by atoms with Crippen LogP contribution in [0, 0.1) is 11.3 Å². The van der Waals surface area contributed by atoms with Gasteiger partial charge < -0.3 is 9.13 Å². The van der Waals surface area contributed by atoms with Gasteiger partial charge in [0.05, 0.1) is 29.2 Å². The highest BCUT2D eigenvalue weighted by atomic mass is 35.5. The van der Waals surface area contributed by atoms with Gasteiger partial charge in [0.15, 0.2) is 0 Å². The van der Waals surface area contributed by atoms with Crippen molar-refractivity contribution in [2.24, 2.45) is 0 Å². The summed E-state index contributed by atoms with van der Waals surface area (Å²) in [7, 11) is 0. The highest BCUT2D eigenvalue weighted by Crippen LogP contribution is 2.23. The predicted molar refractivity (Wildman–Crippen MR) is 104 cm³/mol. The van der Waals surface area contributed by atoms with Crippen LogP contribution in [-0.2, 0) is 13.1 Å². The molecule has 134 valence electrons. The van der Waals surface area contributed by atoms with Crippen molar-refractivity contribution in [2.75, 3.05) is 0 Å². The van der Waals surface area contributed by atoms with Crippen LogP contribution in [-0.4, -0.2) is 24.1 Å². The summed E-state index contributed by atoms with van der Waals surface area (Å²) in [6, 6.07) is 11.5. The SMILES string of the molecule is CCCn1c(Cn2ccnc2-c2ccnc(Cl)c2)nc2cc(C#N)ccc21. The number of benzene rings is 1. The van der Waals surface area contributed by atoms with Crippen LogP contribution in [0.5, 0.6) is 0 Å². The zero-order chi connectivity index (χ0) is 18.8. The van der Waals surface area contributed by atoms with E-state index < -0.39 is 0 Å². The average Bonchev–Trinajstić information content (AvgIpc) is 3.27. The first kappa shape index (κ1) is 17.3. The first-order valence-corrected chi connectivity index (χ1v) is 9.09. The third-order valence-electron chi connectivity index (χ3n) is 4.42. The van der Waals surface area contributed by atoms with E-state index in [9.17, 15) is 0 Å². The number of fused-ring (bicyclic) bond motifs is 1. The van der Waals surface area contributed by atoms with Gasteiger partial charge in [0.1, 0.15) is 16.8 Å². The van der Waals surface area contributed by atoms with E-state index in [0.717, 1.165) is 41.2 Å². The molecule has 0 saturated carbocycles. The van der Waals surface area contributed by atoms with E-state index in [1.54, 1.807) is 18.5 Å². The smallest absolute Gasteiger partial charge is 0.140 e. The number of hydrogen-bond donors (Lipinski definition) is 0. The molecule has 27 heavy (non-hydrogen) atoms. The molecule has 0 amide bonds. The van der Waals surface area contributed by atoms with Crippen LogP contribution >= 0.6 is 11.6 Å². The molecule has 3 aromatic heterocycles. The Kier molecular flexibility index (Phi) is 4.61. The molecular weight excluding hydrogens is 360 g/mol. The summed E-state index contributed by atoms with van der Waals surface area (Å²) in [5.41, 5.74) is 3.40. The summed E-state index contributed by atoms with van der Waals surface area (Å²) >= 11 is 6.03. The van der Waals surface area contributed by atoms with Crippen molar-refractivity contribution in [3.8, 4) is 17.5 Å². The van der Waals surface area contributed by atoms with E-state index in [2.05, 4.69) is 27.5 Å². The summed E-state index contributed by atoms with van der Waals surface area (Å²) in [5, 5.41) is 9.59. The minimum absolute atomic E-state index is 0.435. The van der Waals surface area contributed by atoms with Crippen LogP contribution in [0.1, 0.15) is 24.7 Å². The first-order valence-electron chi connectivity index (χ1n) is 8.72. The van der Waals surface area contributed by atoms with E-state index in [4.69, 9.17) is 21.8 Å². The van der Waals surface area contributed by atoms with Gasteiger partial charge in [-0.1, -0.05) is 18.5 Å². The van der Waals surface area contributed by atoms with Crippen molar-refractivity contribution >= 4 is 22.6 Å². The van der Waals surface area contributed by atoms with E-state index in [0.29, 0.717) is 17.3 Å². The highest BCUT2D eigenvalue weighted by molar-refractivity contribution is 6.29. The Morgan fingerprint density at radius 1 is 1.15 bits per heavy atom. The molecule has 0 aliphatic rings. The summed E-state index contributed by atoms with van der Waals surface area (Å²) in [6.45, 7) is 3.58. The Morgan fingerprint density at radius 3 is 2.81 bits per heavy atom. The highest BCUT2D eigenvalue weighted by Gasteiger charge is 2.14. The zero-order valence-electron chi connectivity index (χ0n) is 14.8. The van der Waals surface area contributed by atoms with Gasteiger partial charge in [-0.15, -0.1) is 0 Å². The lowest BCUT2D eigenvalue weighted by molar-refractivity contribution is 0.627. The standard InChI is InChI=1S/C20H17ClN6/c1-2-8-27-17-4-3-14(12-22)10-16(17)25-19(27)13-26-9-7-24-20(26)15-5-6-23-18(21)11-15/h3-7,9-11H,2,8,13H2,1H3. The number of pyridine rings is 1. The van der Waals surface area contributed by atoms with Crippen LogP contribution in [0.4, 0.5) is 0 Å². The number of aryl methyl sites for hydroxylation is 1. The number of aromatic nitrogens is 5. The van der Waals surface area contributed by atoms with Crippen molar-refractivity contribution < 1.29 is 0 Å². The topological polar surface area (TPSA) is 72.3 Å². The van der Waals surface area contributed by atoms with Crippen LogP contribution in [0.2, 0.25) is 5.15 Å². The summed E-state index contributed by atoms with van der Waals surface area (Å²) in [4.78, 5) is 13.3. The molecule has 1 aromatic carbocycles. The minimum Gasteiger partial charge on any atom is -0.326 e. The van der Waals surface area contributed by atoms with Crippen molar-refractivity contribution in [3.63, 3.8) is 0 Å². The van der Waals surface area contributed by atoms with E-state index >= 15 is 0 Å². The fraction of sp³-hybridized carbons (Fsp3) is 0.200. The number of nitriles is 1. The second kappa shape index (κ2) is 7.22. The van der Waals surface area contributed by atoms with Gasteiger partial charge in [0, 0.05) is 30.7 Å². The molecule has 0 N–H and O–H groups in total. The monoisotopic (exact) mass is 376 g/mol. The molecule has 0 aliphatic carbocycles. The van der Waals surface area contributed by atoms with Gasteiger partial charge in [-0.25, -0.2) is 15.0 Å². The van der Waals surface area contributed by atoms with Gasteiger partial charge in [-0.05, 0) is 36.8 Å². The Labute approximate surface area is 161 Å². The Hall–Kier alpha value is -3.17. The third-order valence-corrected chi connectivity index (χ3v) is 4.62. The lowest BCUT2D eigenvalue weighted by Crippen LogP contribution is -2.09. The lowest BCUT2D eigenvalue weighted by Gasteiger charge is -2.11. The second-order valence-corrected chi connectivity index (χ2v) is 6.63. The van der Waals surface area contributed by atoms with Crippen molar-refractivity contribution in [3.05, 3.63) is 65.5 Å². The Balaban J connectivity index is 1.77. The molecule has 0 unspecified atom stereocenters. The maximum absolute atomic E-state index is 9.16. The molecule has 7 heteroatoms. The molecule has 0 bridgehead atoms. The van der Waals surface area contributed by atoms with Gasteiger partial charge in [-0.3, -0.25) is 0 Å². The third kappa shape index (κ3) is 3.29.